The third-order valence-electron chi connectivity index (χ3n) is 6.09. The summed E-state index contributed by atoms with van der Waals surface area (Å²) in [5.74, 6) is 0. The van der Waals surface area contributed by atoms with Gasteiger partial charge in [-0.05, 0) is 69.7 Å². The van der Waals surface area contributed by atoms with E-state index in [1.165, 1.54) is 77.2 Å². The number of ether oxygens (including phenoxy) is 1. The topological polar surface area (TPSA) is 21.3 Å². The summed E-state index contributed by atoms with van der Waals surface area (Å²) in [6.07, 6.45) is 15.4. The molecule has 1 spiro atoms. The van der Waals surface area contributed by atoms with Crippen LogP contribution in [0.5, 0.6) is 0 Å². The maximum Gasteiger partial charge on any atom is 0.0687 e. The molecule has 0 amide bonds. The molecule has 2 heteroatoms. The van der Waals surface area contributed by atoms with Crippen LogP contribution in [0, 0.1) is 5.41 Å². The van der Waals surface area contributed by atoms with Crippen LogP contribution in [-0.2, 0) is 4.74 Å². The van der Waals surface area contributed by atoms with Crippen LogP contribution < -0.4 is 5.32 Å². The predicted molar refractivity (Wildman–Crippen MR) is 84.0 cm³/mol. The second-order valence-electron chi connectivity index (χ2n) is 8.08. The first kappa shape index (κ1) is 14.8. The Morgan fingerprint density at radius 3 is 2.65 bits per heavy atom. The highest BCUT2D eigenvalue weighted by molar-refractivity contribution is 4.97. The molecule has 0 aromatic rings. The smallest absolute Gasteiger partial charge is 0.0687 e. The van der Waals surface area contributed by atoms with Crippen LogP contribution in [0.3, 0.4) is 0 Å². The molecular weight excluding hydrogens is 246 g/mol. The maximum absolute atomic E-state index is 6.53. The highest BCUT2D eigenvalue weighted by Crippen LogP contribution is 2.49. The summed E-state index contributed by atoms with van der Waals surface area (Å²) >= 11 is 0. The molecule has 2 saturated carbocycles. The van der Waals surface area contributed by atoms with Crippen LogP contribution in [-0.4, -0.2) is 24.3 Å². The summed E-state index contributed by atoms with van der Waals surface area (Å²) in [6, 6.07) is 0.766. The molecule has 3 unspecified atom stereocenters. The standard InChI is InChI=1S/C18H33NO/c1-3-12-19-15-6-10-17(2,13-15)14-16-7-11-18(20-16)8-4-5-9-18/h15-16,19H,3-14H2,1-2H3. The van der Waals surface area contributed by atoms with Crippen molar-refractivity contribution >= 4 is 0 Å². The SMILES string of the molecule is CCCNC1CCC(C)(CC2CCC3(CCCC3)O2)C1. The zero-order valence-corrected chi connectivity index (χ0v) is 13.5. The number of rotatable bonds is 5. The molecule has 2 aliphatic carbocycles. The van der Waals surface area contributed by atoms with Gasteiger partial charge in [-0.25, -0.2) is 0 Å². The van der Waals surface area contributed by atoms with Crippen molar-refractivity contribution in [2.45, 2.75) is 102 Å². The molecule has 3 aliphatic rings. The Labute approximate surface area is 125 Å². The Bertz CT molecular complexity index is 323. The summed E-state index contributed by atoms with van der Waals surface area (Å²) in [6.45, 7) is 5.95. The lowest BCUT2D eigenvalue weighted by atomic mass is 9.82. The lowest BCUT2D eigenvalue weighted by Gasteiger charge is -2.30. The summed E-state index contributed by atoms with van der Waals surface area (Å²) in [5.41, 5.74) is 0.847. The van der Waals surface area contributed by atoms with Crippen LogP contribution in [0.4, 0.5) is 0 Å². The quantitative estimate of drug-likeness (QED) is 0.804. The highest BCUT2D eigenvalue weighted by atomic mass is 16.5. The molecule has 2 nitrogen and oxygen atoms in total. The van der Waals surface area contributed by atoms with Crippen molar-refractivity contribution in [3.8, 4) is 0 Å². The average Bonchev–Trinajstić information content (AvgIpc) is 3.12. The molecule has 116 valence electrons. The van der Waals surface area contributed by atoms with Crippen molar-refractivity contribution in [3.63, 3.8) is 0 Å². The normalized spacial score (nSPS) is 39.9. The van der Waals surface area contributed by atoms with Crippen molar-refractivity contribution in [2.24, 2.45) is 5.41 Å². The van der Waals surface area contributed by atoms with E-state index in [1.54, 1.807) is 0 Å². The third-order valence-corrected chi connectivity index (χ3v) is 6.09. The van der Waals surface area contributed by atoms with Gasteiger partial charge >= 0.3 is 0 Å². The molecule has 3 rings (SSSR count). The Hall–Kier alpha value is -0.0800. The molecule has 1 heterocycles. The van der Waals surface area contributed by atoms with Crippen LogP contribution in [0.2, 0.25) is 0 Å². The molecule has 3 atom stereocenters. The van der Waals surface area contributed by atoms with E-state index in [0.29, 0.717) is 17.1 Å². The fourth-order valence-corrected chi connectivity index (χ4v) is 5.01. The molecule has 1 aliphatic heterocycles. The van der Waals surface area contributed by atoms with Gasteiger partial charge in [0.1, 0.15) is 0 Å². The minimum Gasteiger partial charge on any atom is -0.372 e. The van der Waals surface area contributed by atoms with Crippen LogP contribution in [0.1, 0.15) is 84.5 Å². The van der Waals surface area contributed by atoms with E-state index in [2.05, 4.69) is 19.2 Å². The van der Waals surface area contributed by atoms with E-state index in [-0.39, 0.29) is 0 Å². The highest BCUT2D eigenvalue weighted by Gasteiger charge is 2.45. The predicted octanol–water partition coefficient (Wildman–Crippen LogP) is 4.43. The van der Waals surface area contributed by atoms with Gasteiger partial charge in [0, 0.05) is 6.04 Å². The molecule has 0 radical (unpaired) electrons. The molecule has 1 N–H and O–H groups in total. The Kier molecular flexibility index (Phi) is 4.42. The second kappa shape index (κ2) is 5.96. The zero-order valence-electron chi connectivity index (χ0n) is 13.5. The van der Waals surface area contributed by atoms with Gasteiger partial charge in [0.25, 0.3) is 0 Å². The fraction of sp³-hybridized carbons (Fsp3) is 1.00. The van der Waals surface area contributed by atoms with E-state index in [4.69, 9.17) is 4.74 Å². The van der Waals surface area contributed by atoms with Crippen LogP contribution in [0.25, 0.3) is 0 Å². The maximum atomic E-state index is 6.53. The molecule has 3 fully saturated rings. The average molecular weight is 279 g/mol. The fourth-order valence-electron chi connectivity index (χ4n) is 5.01. The molecule has 0 aromatic heterocycles. The summed E-state index contributed by atoms with van der Waals surface area (Å²) in [5, 5.41) is 3.72. The van der Waals surface area contributed by atoms with Gasteiger partial charge in [-0.1, -0.05) is 26.7 Å². The van der Waals surface area contributed by atoms with Crippen molar-refractivity contribution < 1.29 is 4.74 Å². The van der Waals surface area contributed by atoms with Crippen molar-refractivity contribution in [1.29, 1.82) is 0 Å². The number of hydrogen-bond acceptors (Lipinski definition) is 2. The van der Waals surface area contributed by atoms with Crippen molar-refractivity contribution in [3.05, 3.63) is 0 Å². The third kappa shape index (κ3) is 3.22. The molecule has 1 saturated heterocycles. The number of nitrogens with one attached hydrogen (secondary N) is 1. The van der Waals surface area contributed by atoms with Gasteiger partial charge < -0.3 is 10.1 Å². The minimum atomic E-state index is 0.319. The summed E-state index contributed by atoms with van der Waals surface area (Å²) in [7, 11) is 0. The van der Waals surface area contributed by atoms with Crippen molar-refractivity contribution in [2.75, 3.05) is 6.54 Å². The summed E-state index contributed by atoms with van der Waals surface area (Å²) < 4.78 is 6.53. The molecular formula is C18H33NO. The second-order valence-corrected chi connectivity index (χ2v) is 8.08. The van der Waals surface area contributed by atoms with Crippen molar-refractivity contribution in [1.82, 2.24) is 5.32 Å². The lowest BCUT2D eigenvalue weighted by molar-refractivity contribution is -0.0515. The minimum absolute atomic E-state index is 0.319. The molecule has 0 aromatic carbocycles. The largest absolute Gasteiger partial charge is 0.372 e. The molecule has 20 heavy (non-hydrogen) atoms. The first-order chi connectivity index (χ1) is 9.63. The Morgan fingerprint density at radius 1 is 1.10 bits per heavy atom. The van der Waals surface area contributed by atoms with E-state index >= 15 is 0 Å². The first-order valence-corrected chi connectivity index (χ1v) is 9.04. The monoisotopic (exact) mass is 279 g/mol. The first-order valence-electron chi connectivity index (χ1n) is 9.04. The zero-order chi connectivity index (χ0) is 14.1. The van der Waals surface area contributed by atoms with E-state index in [1.807, 2.05) is 0 Å². The summed E-state index contributed by atoms with van der Waals surface area (Å²) in [4.78, 5) is 0. The van der Waals surface area contributed by atoms with E-state index < -0.39 is 0 Å². The van der Waals surface area contributed by atoms with Gasteiger partial charge in [0.05, 0.1) is 11.7 Å². The van der Waals surface area contributed by atoms with Gasteiger partial charge in [0.2, 0.25) is 0 Å². The van der Waals surface area contributed by atoms with Gasteiger partial charge in [0.15, 0.2) is 0 Å². The van der Waals surface area contributed by atoms with Gasteiger partial charge in [-0.2, -0.15) is 0 Å². The Balaban J connectivity index is 1.48. The lowest BCUT2D eigenvalue weighted by Crippen LogP contribution is -2.30. The van der Waals surface area contributed by atoms with Crippen LogP contribution >= 0.6 is 0 Å². The Morgan fingerprint density at radius 2 is 1.90 bits per heavy atom. The van der Waals surface area contributed by atoms with Gasteiger partial charge in [-0.3, -0.25) is 0 Å². The van der Waals surface area contributed by atoms with Crippen LogP contribution in [0.15, 0.2) is 0 Å². The molecule has 0 bridgehead atoms. The van der Waals surface area contributed by atoms with Gasteiger partial charge in [-0.15, -0.1) is 0 Å². The number of hydrogen-bond donors (Lipinski definition) is 1. The van der Waals surface area contributed by atoms with E-state index in [9.17, 15) is 0 Å². The van der Waals surface area contributed by atoms with E-state index in [0.717, 1.165) is 6.04 Å².